The van der Waals surface area contributed by atoms with E-state index in [-0.39, 0.29) is 18.0 Å². The maximum absolute atomic E-state index is 11.5. The summed E-state index contributed by atoms with van der Waals surface area (Å²) < 4.78 is 9.71. The van der Waals surface area contributed by atoms with Crippen molar-refractivity contribution in [1.82, 2.24) is 0 Å². The molecule has 15 heavy (non-hydrogen) atoms. The molecule has 0 aromatic heterocycles. The summed E-state index contributed by atoms with van der Waals surface area (Å²) in [7, 11) is 0. The standard InChI is InChI=1S/C11H18O4/c1-4-7-10(12)9(8-14-5-2)11(13)15-6-3/h8H,4-7H2,1-3H3/b9-8-. The Kier molecular flexibility index (Phi) is 7.32. The Morgan fingerprint density at radius 2 is 1.80 bits per heavy atom. The molecule has 0 spiro atoms. The Labute approximate surface area is 90.2 Å². The van der Waals surface area contributed by atoms with Crippen LogP contribution in [0.15, 0.2) is 11.8 Å². The summed E-state index contributed by atoms with van der Waals surface area (Å²) in [5.41, 5.74) is 0.000509. The van der Waals surface area contributed by atoms with E-state index >= 15 is 0 Å². The van der Waals surface area contributed by atoms with E-state index < -0.39 is 5.97 Å². The summed E-state index contributed by atoms with van der Waals surface area (Å²) in [5, 5.41) is 0. The molecule has 0 heterocycles. The average molecular weight is 214 g/mol. The van der Waals surface area contributed by atoms with E-state index in [1.165, 1.54) is 6.26 Å². The maximum Gasteiger partial charge on any atom is 0.344 e. The number of Topliss-reactive ketones (excluding diaryl/α,β-unsaturated/α-hetero) is 1. The molecule has 0 unspecified atom stereocenters. The number of esters is 1. The van der Waals surface area contributed by atoms with Crippen LogP contribution < -0.4 is 0 Å². The molecule has 0 aromatic rings. The van der Waals surface area contributed by atoms with Gasteiger partial charge >= 0.3 is 5.97 Å². The first-order valence-electron chi connectivity index (χ1n) is 5.19. The second-order valence-electron chi connectivity index (χ2n) is 2.88. The Morgan fingerprint density at radius 3 is 2.27 bits per heavy atom. The summed E-state index contributed by atoms with van der Waals surface area (Å²) in [4.78, 5) is 22.9. The van der Waals surface area contributed by atoms with Gasteiger partial charge < -0.3 is 9.47 Å². The summed E-state index contributed by atoms with van der Waals surface area (Å²) >= 11 is 0. The molecule has 0 N–H and O–H groups in total. The van der Waals surface area contributed by atoms with Gasteiger partial charge in [0, 0.05) is 6.42 Å². The van der Waals surface area contributed by atoms with Crippen LogP contribution in [0.25, 0.3) is 0 Å². The van der Waals surface area contributed by atoms with Gasteiger partial charge in [-0.05, 0) is 20.3 Å². The molecule has 0 amide bonds. The molecule has 0 rings (SSSR count). The molecule has 0 fully saturated rings. The number of ketones is 1. The number of hydrogen-bond acceptors (Lipinski definition) is 4. The van der Waals surface area contributed by atoms with E-state index in [1.807, 2.05) is 6.92 Å². The van der Waals surface area contributed by atoms with E-state index in [4.69, 9.17) is 9.47 Å². The van der Waals surface area contributed by atoms with Gasteiger partial charge in [0.1, 0.15) is 11.8 Å². The molecule has 4 nitrogen and oxygen atoms in total. The molecule has 0 aliphatic heterocycles. The highest BCUT2D eigenvalue weighted by atomic mass is 16.5. The van der Waals surface area contributed by atoms with Crippen LogP contribution in [-0.4, -0.2) is 25.0 Å². The predicted molar refractivity (Wildman–Crippen MR) is 56.3 cm³/mol. The summed E-state index contributed by atoms with van der Waals surface area (Å²) in [6.07, 6.45) is 2.22. The molecule has 0 aromatic carbocycles. The lowest BCUT2D eigenvalue weighted by atomic mass is 10.1. The smallest absolute Gasteiger partial charge is 0.344 e. The van der Waals surface area contributed by atoms with Crippen molar-refractivity contribution in [2.45, 2.75) is 33.6 Å². The first-order chi connectivity index (χ1) is 7.17. The largest absolute Gasteiger partial charge is 0.500 e. The van der Waals surface area contributed by atoms with Crippen molar-refractivity contribution in [3.05, 3.63) is 11.8 Å². The fraction of sp³-hybridized carbons (Fsp3) is 0.636. The van der Waals surface area contributed by atoms with Crippen LogP contribution >= 0.6 is 0 Å². The molecule has 0 aliphatic rings. The quantitative estimate of drug-likeness (QED) is 0.213. The number of carbonyl (C=O) groups is 2. The van der Waals surface area contributed by atoms with Crippen molar-refractivity contribution in [2.75, 3.05) is 13.2 Å². The van der Waals surface area contributed by atoms with Crippen LogP contribution in [0.5, 0.6) is 0 Å². The van der Waals surface area contributed by atoms with Gasteiger partial charge in [0.2, 0.25) is 0 Å². The first kappa shape index (κ1) is 13.7. The molecule has 0 saturated carbocycles. The van der Waals surface area contributed by atoms with Crippen molar-refractivity contribution >= 4 is 11.8 Å². The van der Waals surface area contributed by atoms with E-state index in [0.717, 1.165) is 0 Å². The summed E-state index contributed by atoms with van der Waals surface area (Å²) in [6, 6.07) is 0. The molecule has 86 valence electrons. The minimum atomic E-state index is -0.607. The van der Waals surface area contributed by atoms with Gasteiger partial charge in [-0.2, -0.15) is 0 Å². The molecule has 4 heteroatoms. The Hall–Kier alpha value is -1.32. The van der Waals surface area contributed by atoms with Gasteiger partial charge in [-0.25, -0.2) is 4.79 Å². The zero-order chi connectivity index (χ0) is 11.7. The Balaban J connectivity index is 4.57. The lowest BCUT2D eigenvalue weighted by Crippen LogP contribution is -2.16. The number of rotatable bonds is 7. The molecule has 0 saturated heterocycles. The van der Waals surface area contributed by atoms with Crippen LogP contribution in [0.3, 0.4) is 0 Å². The molecule has 0 atom stereocenters. The van der Waals surface area contributed by atoms with E-state index in [0.29, 0.717) is 19.4 Å². The average Bonchev–Trinajstić information content (AvgIpc) is 2.19. The normalized spacial score (nSPS) is 11.0. The number of carbonyl (C=O) groups excluding carboxylic acids is 2. The van der Waals surface area contributed by atoms with Gasteiger partial charge in [0.15, 0.2) is 5.78 Å². The third-order valence-electron chi connectivity index (χ3n) is 1.64. The van der Waals surface area contributed by atoms with Crippen molar-refractivity contribution in [1.29, 1.82) is 0 Å². The second-order valence-corrected chi connectivity index (χ2v) is 2.88. The topological polar surface area (TPSA) is 52.6 Å². The maximum atomic E-state index is 11.5. The molecular formula is C11H18O4. The molecular weight excluding hydrogens is 196 g/mol. The molecule has 0 bridgehead atoms. The highest BCUT2D eigenvalue weighted by molar-refractivity contribution is 6.17. The highest BCUT2D eigenvalue weighted by Gasteiger charge is 2.18. The van der Waals surface area contributed by atoms with Crippen LogP contribution in [-0.2, 0) is 19.1 Å². The zero-order valence-corrected chi connectivity index (χ0v) is 9.54. The van der Waals surface area contributed by atoms with Gasteiger partial charge in [-0.3, -0.25) is 4.79 Å². The van der Waals surface area contributed by atoms with Crippen molar-refractivity contribution in [3.63, 3.8) is 0 Å². The van der Waals surface area contributed by atoms with Gasteiger partial charge in [0.25, 0.3) is 0 Å². The third-order valence-corrected chi connectivity index (χ3v) is 1.64. The zero-order valence-electron chi connectivity index (χ0n) is 9.54. The van der Waals surface area contributed by atoms with Crippen molar-refractivity contribution in [3.8, 4) is 0 Å². The Bertz CT molecular complexity index is 223. The van der Waals surface area contributed by atoms with Gasteiger partial charge in [-0.15, -0.1) is 0 Å². The van der Waals surface area contributed by atoms with Crippen LogP contribution in [0, 0.1) is 0 Å². The van der Waals surface area contributed by atoms with Crippen LogP contribution in [0.1, 0.15) is 33.6 Å². The minimum Gasteiger partial charge on any atom is -0.500 e. The monoisotopic (exact) mass is 214 g/mol. The first-order valence-corrected chi connectivity index (χ1v) is 5.19. The SMILES string of the molecule is CCCC(=O)/C(=C/OCC)C(=O)OCC. The minimum absolute atomic E-state index is 0.000509. The van der Waals surface area contributed by atoms with Gasteiger partial charge in [-0.1, -0.05) is 6.92 Å². The van der Waals surface area contributed by atoms with Crippen molar-refractivity contribution in [2.24, 2.45) is 0 Å². The number of hydrogen-bond donors (Lipinski definition) is 0. The Morgan fingerprint density at radius 1 is 1.13 bits per heavy atom. The summed E-state index contributed by atoms with van der Waals surface area (Å²) in [5.74, 6) is -0.839. The second kappa shape index (κ2) is 8.03. The van der Waals surface area contributed by atoms with E-state index in [9.17, 15) is 9.59 Å². The van der Waals surface area contributed by atoms with E-state index in [2.05, 4.69) is 0 Å². The van der Waals surface area contributed by atoms with E-state index in [1.54, 1.807) is 13.8 Å². The fourth-order valence-corrected chi connectivity index (χ4v) is 0.965. The fourth-order valence-electron chi connectivity index (χ4n) is 0.965. The predicted octanol–water partition coefficient (Wildman–Crippen LogP) is 1.84. The highest BCUT2D eigenvalue weighted by Crippen LogP contribution is 2.06. The number of ether oxygens (including phenoxy) is 2. The third kappa shape index (κ3) is 5.20. The lowest BCUT2D eigenvalue weighted by Gasteiger charge is -2.05. The molecule has 0 radical (unpaired) electrons. The summed E-state index contributed by atoms with van der Waals surface area (Å²) in [6.45, 7) is 6.02. The molecule has 0 aliphatic carbocycles. The van der Waals surface area contributed by atoms with Crippen LogP contribution in [0.4, 0.5) is 0 Å². The van der Waals surface area contributed by atoms with Gasteiger partial charge in [0.05, 0.1) is 13.2 Å². The lowest BCUT2D eigenvalue weighted by molar-refractivity contribution is -0.140. The van der Waals surface area contributed by atoms with Crippen LogP contribution in [0.2, 0.25) is 0 Å². The van der Waals surface area contributed by atoms with Crippen molar-refractivity contribution < 1.29 is 19.1 Å².